The molecule has 2 unspecified atom stereocenters. The molecule has 0 bridgehead atoms. The van der Waals surface area contributed by atoms with Gasteiger partial charge in [0, 0.05) is 31.7 Å². The fourth-order valence-electron chi connectivity index (χ4n) is 3.63. The third kappa shape index (κ3) is 4.19. The second-order valence-electron chi connectivity index (χ2n) is 6.49. The van der Waals surface area contributed by atoms with Crippen LogP contribution in [-0.4, -0.2) is 54.0 Å². The van der Waals surface area contributed by atoms with Gasteiger partial charge in [-0.3, -0.25) is 9.69 Å². The Kier molecular flexibility index (Phi) is 6.30. The summed E-state index contributed by atoms with van der Waals surface area (Å²) in [5.41, 5.74) is 5.89. The lowest BCUT2D eigenvalue weighted by molar-refractivity contribution is -0.134. The van der Waals surface area contributed by atoms with E-state index < -0.39 is 0 Å². The quantitative estimate of drug-likeness (QED) is 0.860. The third-order valence-electron chi connectivity index (χ3n) is 4.99. The Morgan fingerprint density at radius 3 is 2.35 bits per heavy atom. The van der Waals surface area contributed by atoms with Crippen molar-refractivity contribution < 1.29 is 4.79 Å². The molecule has 2 heterocycles. The molecule has 0 radical (unpaired) electrons. The maximum absolute atomic E-state index is 12.6. The van der Waals surface area contributed by atoms with Crippen LogP contribution in [0.15, 0.2) is 0 Å². The van der Waals surface area contributed by atoms with E-state index in [1.165, 1.54) is 44.9 Å². The number of rotatable bonds is 3. The summed E-state index contributed by atoms with van der Waals surface area (Å²) in [6.07, 6.45) is 9.81. The van der Waals surface area contributed by atoms with Crippen molar-refractivity contribution in [1.29, 1.82) is 0 Å². The minimum Gasteiger partial charge on any atom is -0.342 e. The molecule has 2 N–H and O–H groups in total. The minimum atomic E-state index is 0.319. The first-order valence-corrected chi connectivity index (χ1v) is 8.46. The van der Waals surface area contributed by atoms with Gasteiger partial charge in [0.05, 0.1) is 6.54 Å². The molecular weight excluding hydrogens is 250 g/mol. The first kappa shape index (κ1) is 15.8. The van der Waals surface area contributed by atoms with Crippen LogP contribution in [0.4, 0.5) is 0 Å². The Labute approximate surface area is 123 Å². The topological polar surface area (TPSA) is 49.6 Å². The van der Waals surface area contributed by atoms with Gasteiger partial charge in [0.15, 0.2) is 0 Å². The van der Waals surface area contributed by atoms with Crippen molar-refractivity contribution >= 4 is 5.91 Å². The van der Waals surface area contributed by atoms with Crippen molar-refractivity contribution in [2.24, 2.45) is 5.73 Å². The molecule has 0 aromatic heterocycles. The first-order chi connectivity index (χ1) is 9.72. The number of nitrogens with two attached hydrogens (primary N) is 1. The summed E-state index contributed by atoms with van der Waals surface area (Å²) in [6.45, 7) is 5.39. The Morgan fingerprint density at radius 2 is 1.70 bits per heavy atom. The maximum Gasteiger partial charge on any atom is 0.236 e. The van der Waals surface area contributed by atoms with E-state index in [2.05, 4.69) is 16.7 Å². The molecule has 4 heteroatoms. The zero-order valence-corrected chi connectivity index (χ0v) is 13.0. The monoisotopic (exact) mass is 281 g/mol. The standard InChI is InChI=1S/C16H31N3O/c1-14-8-7-9-15(12-17)19(14)13-16(20)18-10-5-3-2-4-6-11-18/h14-15H,2-13,17H2,1H3. The molecular formula is C16H31N3O. The number of nitrogens with zero attached hydrogens (tertiary/aromatic N) is 2. The smallest absolute Gasteiger partial charge is 0.236 e. The highest BCUT2D eigenvalue weighted by Gasteiger charge is 2.29. The van der Waals surface area contributed by atoms with Crippen molar-refractivity contribution in [3.63, 3.8) is 0 Å². The van der Waals surface area contributed by atoms with E-state index in [0.717, 1.165) is 19.5 Å². The van der Waals surface area contributed by atoms with Crippen molar-refractivity contribution in [2.45, 2.75) is 70.4 Å². The molecule has 20 heavy (non-hydrogen) atoms. The predicted molar refractivity (Wildman–Crippen MR) is 82.5 cm³/mol. The normalized spacial score (nSPS) is 29.8. The highest BCUT2D eigenvalue weighted by Crippen LogP contribution is 2.22. The fourth-order valence-corrected chi connectivity index (χ4v) is 3.63. The van der Waals surface area contributed by atoms with E-state index in [0.29, 0.717) is 31.1 Å². The summed E-state index contributed by atoms with van der Waals surface area (Å²) < 4.78 is 0. The number of hydrogen-bond acceptors (Lipinski definition) is 3. The Hall–Kier alpha value is -0.610. The largest absolute Gasteiger partial charge is 0.342 e. The van der Waals surface area contributed by atoms with Crippen LogP contribution in [0.5, 0.6) is 0 Å². The van der Waals surface area contributed by atoms with Gasteiger partial charge in [0.1, 0.15) is 0 Å². The molecule has 2 fully saturated rings. The van der Waals surface area contributed by atoms with E-state index in [1.807, 2.05) is 0 Å². The molecule has 0 aromatic rings. The van der Waals surface area contributed by atoms with E-state index >= 15 is 0 Å². The minimum absolute atomic E-state index is 0.319. The lowest BCUT2D eigenvalue weighted by Crippen LogP contribution is -2.53. The summed E-state index contributed by atoms with van der Waals surface area (Å²) in [7, 11) is 0. The second kappa shape index (κ2) is 7.99. The summed E-state index contributed by atoms with van der Waals surface area (Å²) in [6, 6.07) is 0.897. The molecule has 2 saturated heterocycles. The van der Waals surface area contributed by atoms with Crippen LogP contribution in [0.25, 0.3) is 0 Å². The molecule has 2 aliphatic heterocycles. The van der Waals surface area contributed by atoms with Gasteiger partial charge in [0.25, 0.3) is 0 Å². The lowest BCUT2D eigenvalue weighted by atomic mass is 9.96. The van der Waals surface area contributed by atoms with Gasteiger partial charge in [-0.1, -0.05) is 25.7 Å². The van der Waals surface area contributed by atoms with E-state index in [1.54, 1.807) is 0 Å². The molecule has 1 amide bonds. The Morgan fingerprint density at radius 1 is 1.05 bits per heavy atom. The number of carbonyl (C=O) groups excluding carboxylic acids is 1. The van der Waals surface area contributed by atoms with Gasteiger partial charge in [-0.2, -0.15) is 0 Å². The van der Waals surface area contributed by atoms with Crippen LogP contribution < -0.4 is 5.73 Å². The molecule has 0 aliphatic carbocycles. The van der Waals surface area contributed by atoms with E-state index in [-0.39, 0.29) is 0 Å². The average molecular weight is 281 g/mol. The molecule has 2 aliphatic rings. The van der Waals surface area contributed by atoms with Crippen molar-refractivity contribution in [2.75, 3.05) is 26.2 Å². The number of carbonyl (C=O) groups is 1. The second-order valence-corrected chi connectivity index (χ2v) is 6.49. The van der Waals surface area contributed by atoms with Crippen LogP contribution in [0.2, 0.25) is 0 Å². The van der Waals surface area contributed by atoms with Crippen LogP contribution in [0.3, 0.4) is 0 Å². The van der Waals surface area contributed by atoms with Crippen LogP contribution in [-0.2, 0) is 4.79 Å². The van der Waals surface area contributed by atoms with Gasteiger partial charge >= 0.3 is 0 Å². The fraction of sp³-hybridized carbons (Fsp3) is 0.938. The van der Waals surface area contributed by atoms with Gasteiger partial charge in [0.2, 0.25) is 5.91 Å². The molecule has 0 aromatic carbocycles. The van der Waals surface area contributed by atoms with Crippen LogP contribution in [0, 0.1) is 0 Å². The zero-order valence-electron chi connectivity index (χ0n) is 13.0. The maximum atomic E-state index is 12.6. The van der Waals surface area contributed by atoms with E-state index in [9.17, 15) is 4.79 Å². The van der Waals surface area contributed by atoms with Gasteiger partial charge in [-0.05, 0) is 32.6 Å². The SMILES string of the molecule is CC1CCCC(CN)N1CC(=O)N1CCCCCCC1. The molecule has 2 atom stereocenters. The summed E-state index contributed by atoms with van der Waals surface area (Å²) in [5.74, 6) is 0.319. The zero-order chi connectivity index (χ0) is 14.4. The molecule has 116 valence electrons. The molecule has 4 nitrogen and oxygen atoms in total. The van der Waals surface area contributed by atoms with Crippen molar-refractivity contribution in [3.8, 4) is 0 Å². The average Bonchev–Trinajstić information content (AvgIpc) is 2.40. The first-order valence-electron chi connectivity index (χ1n) is 8.46. The molecule has 0 spiro atoms. The molecule has 0 saturated carbocycles. The lowest BCUT2D eigenvalue weighted by Gasteiger charge is -2.40. The highest BCUT2D eigenvalue weighted by molar-refractivity contribution is 5.78. The predicted octanol–water partition coefficient (Wildman–Crippen LogP) is 1.98. The van der Waals surface area contributed by atoms with E-state index in [4.69, 9.17) is 5.73 Å². The highest BCUT2D eigenvalue weighted by atomic mass is 16.2. The number of piperidine rings is 1. The van der Waals surface area contributed by atoms with Crippen LogP contribution >= 0.6 is 0 Å². The molecule has 2 rings (SSSR count). The summed E-state index contributed by atoms with van der Waals surface area (Å²) in [5, 5.41) is 0. The van der Waals surface area contributed by atoms with Crippen LogP contribution in [0.1, 0.15) is 58.3 Å². The number of hydrogen-bond donors (Lipinski definition) is 1. The van der Waals surface area contributed by atoms with Gasteiger partial charge in [-0.15, -0.1) is 0 Å². The third-order valence-corrected chi connectivity index (χ3v) is 4.99. The van der Waals surface area contributed by atoms with Crippen molar-refractivity contribution in [3.05, 3.63) is 0 Å². The summed E-state index contributed by atoms with van der Waals surface area (Å²) in [4.78, 5) is 17.0. The van der Waals surface area contributed by atoms with Gasteiger partial charge < -0.3 is 10.6 Å². The van der Waals surface area contributed by atoms with Gasteiger partial charge in [-0.25, -0.2) is 0 Å². The summed E-state index contributed by atoms with van der Waals surface area (Å²) >= 11 is 0. The van der Waals surface area contributed by atoms with Crippen molar-refractivity contribution in [1.82, 2.24) is 9.80 Å². The Bertz CT molecular complexity index is 300. The Balaban J connectivity index is 1.90. The number of amides is 1. The number of likely N-dealkylation sites (tertiary alicyclic amines) is 2.